The number of hydrogen-bond acceptors (Lipinski definition) is 4. The molecule has 1 aromatic carbocycles. The number of thiophene rings is 1. The molecule has 7 heteroatoms. The van der Waals surface area contributed by atoms with Gasteiger partial charge >= 0.3 is 0 Å². The number of carbonyl (C=O) groups is 1. The van der Waals surface area contributed by atoms with Crippen LogP contribution in [0.25, 0.3) is 10.1 Å². The van der Waals surface area contributed by atoms with Crippen molar-refractivity contribution in [1.82, 2.24) is 20.1 Å². The molecule has 0 radical (unpaired) electrons. The number of carbonyl (C=O) groups excluding carboxylic acids is 1. The zero-order chi connectivity index (χ0) is 15.5. The molecule has 2 heterocycles. The summed E-state index contributed by atoms with van der Waals surface area (Å²) in [6.07, 6.45) is 3.45. The summed E-state index contributed by atoms with van der Waals surface area (Å²) in [5.41, 5.74) is 1.18. The molecule has 0 aliphatic rings. The minimum Gasteiger partial charge on any atom is -0.351 e. The highest BCUT2D eigenvalue weighted by Gasteiger charge is 2.10. The minimum atomic E-state index is 0.00499. The van der Waals surface area contributed by atoms with Gasteiger partial charge in [-0.1, -0.05) is 11.6 Å². The van der Waals surface area contributed by atoms with E-state index in [0.29, 0.717) is 19.5 Å². The van der Waals surface area contributed by atoms with E-state index in [0.717, 1.165) is 15.3 Å². The highest BCUT2D eigenvalue weighted by molar-refractivity contribution is 7.19. The van der Waals surface area contributed by atoms with Crippen LogP contribution in [0.3, 0.4) is 0 Å². The zero-order valence-corrected chi connectivity index (χ0v) is 13.6. The first-order chi connectivity index (χ1) is 10.6. The molecule has 5 nitrogen and oxygen atoms in total. The number of aryl methyl sites for hydroxylation is 2. The van der Waals surface area contributed by atoms with Crippen molar-refractivity contribution in [1.29, 1.82) is 0 Å². The third-order valence-corrected chi connectivity index (χ3v) is 4.99. The van der Waals surface area contributed by atoms with Crippen LogP contribution in [0.2, 0.25) is 5.02 Å². The molecule has 0 atom stereocenters. The lowest BCUT2D eigenvalue weighted by molar-refractivity contribution is -0.121. The summed E-state index contributed by atoms with van der Waals surface area (Å²) in [7, 11) is 0. The van der Waals surface area contributed by atoms with Gasteiger partial charge in [-0.2, -0.15) is 5.10 Å². The Hall–Kier alpha value is -1.92. The third-order valence-electron chi connectivity index (χ3n) is 3.48. The maximum Gasteiger partial charge on any atom is 0.222 e. The van der Waals surface area contributed by atoms with Crippen molar-refractivity contribution < 1.29 is 4.79 Å². The van der Waals surface area contributed by atoms with E-state index >= 15 is 0 Å². The van der Waals surface area contributed by atoms with Gasteiger partial charge in [0.25, 0.3) is 0 Å². The van der Waals surface area contributed by atoms with Gasteiger partial charge in [0, 0.05) is 21.0 Å². The van der Waals surface area contributed by atoms with Gasteiger partial charge in [-0.25, -0.2) is 4.98 Å². The fourth-order valence-electron chi connectivity index (χ4n) is 2.24. The van der Waals surface area contributed by atoms with Crippen molar-refractivity contribution in [3.8, 4) is 0 Å². The normalized spacial score (nSPS) is 11.0. The monoisotopic (exact) mass is 334 g/mol. The summed E-state index contributed by atoms with van der Waals surface area (Å²) in [6, 6.07) is 5.88. The molecule has 0 aliphatic heterocycles. The second-order valence-electron chi connectivity index (χ2n) is 4.98. The van der Waals surface area contributed by atoms with E-state index in [1.807, 2.05) is 18.2 Å². The lowest BCUT2D eigenvalue weighted by atomic mass is 10.1. The maximum atomic E-state index is 11.9. The van der Waals surface area contributed by atoms with Crippen LogP contribution < -0.4 is 5.32 Å². The van der Waals surface area contributed by atoms with E-state index in [9.17, 15) is 4.79 Å². The van der Waals surface area contributed by atoms with Crippen LogP contribution in [0, 0.1) is 6.92 Å². The van der Waals surface area contributed by atoms with E-state index in [4.69, 9.17) is 11.6 Å². The predicted molar refractivity (Wildman–Crippen MR) is 88.1 cm³/mol. The SMILES string of the molecule is Cc1c(CNC(=O)CCn2cncn2)sc2ccc(Cl)cc12. The molecule has 0 aliphatic carbocycles. The topological polar surface area (TPSA) is 59.8 Å². The van der Waals surface area contributed by atoms with Gasteiger partial charge in [0.1, 0.15) is 12.7 Å². The van der Waals surface area contributed by atoms with Gasteiger partial charge in [-0.15, -0.1) is 11.3 Å². The molecule has 0 fully saturated rings. The highest BCUT2D eigenvalue weighted by atomic mass is 35.5. The fraction of sp³-hybridized carbons (Fsp3) is 0.267. The van der Waals surface area contributed by atoms with Crippen molar-refractivity contribution in [3.05, 3.63) is 46.3 Å². The Bertz CT molecular complexity index is 797. The van der Waals surface area contributed by atoms with Gasteiger partial charge in [0.15, 0.2) is 0 Å². The number of fused-ring (bicyclic) bond motifs is 1. The van der Waals surface area contributed by atoms with Crippen LogP contribution in [-0.2, 0) is 17.9 Å². The molecule has 1 amide bonds. The molecule has 2 aromatic heterocycles. The van der Waals surface area contributed by atoms with Crippen molar-refractivity contribution in [3.63, 3.8) is 0 Å². The van der Waals surface area contributed by atoms with Gasteiger partial charge in [0.2, 0.25) is 5.91 Å². The quantitative estimate of drug-likeness (QED) is 0.779. The van der Waals surface area contributed by atoms with E-state index in [-0.39, 0.29) is 5.91 Å². The zero-order valence-electron chi connectivity index (χ0n) is 12.0. The summed E-state index contributed by atoms with van der Waals surface area (Å²) >= 11 is 7.73. The highest BCUT2D eigenvalue weighted by Crippen LogP contribution is 2.32. The molecule has 0 saturated heterocycles. The van der Waals surface area contributed by atoms with Crippen LogP contribution in [0.4, 0.5) is 0 Å². The van der Waals surface area contributed by atoms with E-state index < -0.39 is 0 Å². The first kappa shape index (κ1) is 15.0. The minimum absolute atomic E-state index is 0.00499. The number of rotatable bonds is 5. The Morgan fingerprint density at radius 1 is 1.45 bits per heavy atom. The maximum absolute atomic E-state index is 11.9. The lowest BCUT2D eigenvalue weighted by Crippen LogP contribution is -2.23. The fourth-order valence-corrected chi connectivity index (χ4v) is 3.55. The van der Waals surface area contributed by atoms with Gasteiger partial charge in [0.05, 0.1) is 13.1 Å². The average Bonchev–Trinajstić information content (AvgIpc) is 3.12. The second-order valence-corrected chi connectivity index (χ2v) is 6.55. The first-order valence-corrected chi connectivity index (χ1v) is 8.09. The van der Waals surface area contributed by atoms with Crippen LogP contribution in [0.15, 0.2) is 30.9 Å². The summed E-state index contributed by atoms with van der Waals surface area (Å²) in [4.78, 5) is 16.9. The summed E-state index contributed by atoms with van der Waals surface area (Å²) < 4.78 is 2.83. The predicted octanol–water partition coefficient (Wildman–Crippen LogP) is 3.16. The van der Waals surface area contributed by atoms with Crippen LogP contribution in [-0.4, -0.2) is 20.7 Å². The molecule has 0 saturated carbocycles. The number of hydrogen-bond donors (Lipinski definition) is 1. The molecule has 114 valence electrons. The lowest BCUT2D eigenvalue weighted by Gasteiger charge is -2.04. The molecular weight excluding hydrogens is 320 g/mol. The van der Waals surface area contributed by atoms with E-state index in [1.54, 1.807) is 22.3 Å². The van der Waals surface area contributed by atoms with Crippen molar-refractivity contribution in [2.45, 2.75) is 26.4 Å². The molecule has 22 heavy (non-hydrogen) atoms. The molecular formula is C15H15ClN4OS. The van der Waals surface area contributed by atoms with Crippen LogP contribution in [0.5, 0.6) is 0 Å². The smallest absolute Gasteiger partial charge is 0.222 e. The Morgan fingerprint density at radius 2 is 2.32 bits per heavy atom. The standard InChI is InChI=1S/C15H15ClN4OS/c1-10-12-6-11(16)2-3-13(12)22-14(10)7-18-15(21)4-5-20-9-17-8-19-20/h2-3,6,8-9H,4-5,7H2,1H3,(H,18,21). The molecule has 1 N–H and O–H groups in total. The van der Waals surface area contributed by atoms with Gasteiger partial charge in [-0.3, -0.25) is 9.48 Å². The van der Waals surface area contributed by atoms with Crippen molar-refractivity contribution in [2.75, 3.05) is 0 Å². The van der Waals surface area contributed by atoms with E-state index in [1.165, 1.54) is 16.6 Å². The number of nitrogens with one attached hydrogen (secondary N) is 1. The summed E-state index contributed by atoms with van der Waals surface area (Å²) in [6.45, 7) is 3.14. The molecule has 0 unspecified atom stereocenters. The number of halogens is 1. The van der Waals surface area contributed by atoms with Gasteiger partial charge in [-0.05, 0) is 36.1 Å². The molecule has 0 bridgehead atoms. The molecule has 3 rings (SSSR count). The summed E-state index contributed by atoms with van der Waals surface area (Å²) in [5, 5.41) is 8.82. The van der Waals surface area contributed by atoms with Crippen molar-refractivity contribution in [2.24, 2.45) is 0 Å². The Labute approximate surface area is 136 Å². The van der Waals surface area contributed by atoms with Crippen LogP contribution >= 0.6 is 22.9 Å². The number of aromatic nitrogens is 3. The first-order valence-electron chi connectivity index (χ1n) is 6.90. The number of amides is 1. The molecule has 3 aromatic rings. The van der Waals surface area contributed by atoms with Crippen molar-refractivity contribution >= 4 is 38.9 Å². The number of benzene rings is 1. The van der Waals surface area contributed by atoms with Gasteiger partial charge < -0.3 is 5.32 Å². The third kappa shape index (κ3) is 3.28. The molecule has 0 spiro atoms. The Morgan fingerprint density at radius 3 is 3.09 bits per heavy atom. The largest absolute Gasteiger partial charge is 0.351 e. The van der Waals surface area contributed by atoms with Crippen LogP contribution in [0.1, 0.15) is 16.9 Å². The van der Waals surface area contributed by atoms with E-state index in [2.05, 4.69) is 22.3 Å². The average molecular weight is 335 g/mol. The summed E-state index contributed by atoms with van der Waals surface area (Å²) in [5.74, 6) is 0.00499. The Kier molecular flexibility index (Phi) is 4.40. The second kappa shape index (κ2) is 6.46. The number of nitrogens with zero attached hydrogens (tertiary/aromatic N) is 3. The Balaban J connectivity index is 1.61.